The highest BCUT2D eigenvalue weighted by Gasteiger charge is 2.32. The molecule has 2 N–H and O–H groups in total. The molecule has 1 saturated carbocycles. The first-order chi connectivity index (χ1) is 19.9. The van der Waals surface area contributed by atoms with Crippen LogP contribution in [0.5, 0.6) is 0 Å². The molecule has 0 radical (unpaired) electrons. The minimum absolute atomic E-state index is 0.0000523. The molecule has 0 spiro atoms. The summed E-state index contributed by atoms with van der Waals surface area (Å²) in [5.74, 6) is -1.72. The standard InChI is InChI=1S/C29H29F2IN6O4/c1-15-25-24(26(36(4)27(15)40)34-21-10-5-16(32)13-20(21)31)28(41)38(17-6-7-17)29(42)37(25)18-8-9-19(30)22(14-18)33-23(39)11-12-35(2)3/h5,8-10,13-14,17,34H,6-7,11-12H2,1-4H3,(H,33,39). The van der Waals surface area contributed by atoms with Crippen LogP contribution in [0.3, 0.4) is 0 Å². The highest BCUT2D eigenvalue weighted by atomic mass is 127. The molecule has 1 fully saturated rings. The van der Waals surface area contributed by atoms with Gasteiger partial charge in [0.15, 0.2) is 0 Å². The fourth-order valence-electron chi connectivity index (χ4n) is 4.86. The Kier molecular flexibility index (Phi) is 8.07. The molecular formula is C29H29F2IN6O4. The zero-order chi connectivity index (χ0) is 30.5. The van der Waals surface area contributed by atoms with E-state index in [0.29, 0.717) is 23.0 Å². The number of fused-ring (bicyclic) bond motifs is 1. The van der Waals surface area contributed by atoms with Crippen molar-refractivity contribution in [2.24, 2.45) is 7.05 Å². The molecule has 0 bridgehead atoms. The van der Waals surface area contributed by atoms with Gasteiger partial charge in [-0.25, -0.2) is 13.6 Å². The summed E-state index contributed by atoms with van der Waals surface area (Å²) in [6, 6.07) is 7.87. The van der Waals surface area contributed by atoms with Crippen molar-refractivity contribution in [2.75, 3.05) is 31.3 Å². The number of benzene rings is 2. The van der Waals surface area contributed by atoms with Crippen molar-refractivity contribution < 1.29 is 13.6 Å². The molecule has 2 heterocycles. The Bertz CT molecular complexity index is 1930. The predicted octanol–water partition coefficient (Wildman–Crippen LogP) is 4.01. The van der Waals surface area contributed by atoms with E-state index in [2.05, 4.69) is 10.6 Å². The summed E-state index contributed by atoms with van der Waals surface area (Å²) >= 11 is 1.97. The van der Waals surface area contributed by atoms with Crippen LogP contribution >= 0.6 is 22.6 Å². The van der Waals surface area contributed by atoms with Crippen LogP contribution in [0.1, 0.15) is 30.9 Å². The predicted molar refractivity (Wildman–Crippen MR) is 166 cm³/mol. The van der Waals surface area contributed by atoms with Crippen molar-refractivity contribution in [1.82, 2.24) is 18.6 Å². The van der Waals surface area contributed by atoms with Crippen LogP contribution in [-0.4, -0.2) is 45.1 Å². The van der Waals surface area contributed by atoms with Crippen molar-refractivity contribution in [2.45, 2.75) is 32.2 Å². The maximum Gasteiger partial charge on any atom is 0.336 e. The lowest BCUT2D eigenvalue weighted by Gasteiger charge is -2.21. The summed E-state index contributed by atoms with van der Waals surface area (Å²) in [7, 11) is 5.07. The quantitative estimate of drug-likeness (QED) is 0.271. The van der Waals surface area contributed by atoms with E-state index in [4.69, 9.17) is 0 Å². The van der Waals surface area contributed by atoms with Crippen molar-refractivity contribution in [3.63, 3.8) is 0 Å². The lowest BCUT2D eigenvalue weighted by atomic mass is 10.1. The first-order valence-electron chi connectivity index (χ1n) is 13.3. The number of carbonyl (C=O) groups excluding carboxylic acids is 1. The van der Waals surface area contributed by atoms with Crippen LogP contribution in [0.15, 0.2) is 50.8 Å². The first kappa shape index (κ1) is 29.6. The van der Waals surface area contributed by atoms with E-state index in [0.717, 1.165) is 10.6 Å². The van der Waals surface area contributed by atoms with E-state index in [9.17, 15) is 28.0 Å². The molecule has 4 aromatic rings. The zero-order valence-electron chi connectivity index (χ0n) is 23.4. The number of hydrogen-bond donors (Lipinski definition) is 2. The second-order valence-electron chi connectivity index (χ2n) is 10.6. The Labute approximate surface area is 252 Å². The molecule has 0 unspecified atom stereocenters. The summed E-state index contributed by atoms with van der Waals surface area (Å²) in [5.41, 5.74) is -1.71. The average Bonchev–Trinajstić information content (AvgIpc) is 3.76. The van der Waals surface area contributed by atoms with Gasteiger partial charge < -0.3 is 15.5 Å². The third kappa shape index (κ3) is 5.50. The normalized spacial score (nSPS) is 13.1. The number of nitrogens with one attached hydrogen (secondary N) is 2. The van der Waals surface area contributed by atoms with Gasteiger partial charge in [-0.1, -0.05) is 0 Å². The maximum absolute atomic E-state index is 14.9. The molecule has 220 valence electrons. The van der Waals surface area contributed by atoms with Gasteiger partial charge in [-0.2, -0.15) is 0 Å². The fourth-order valence-corrected chi connectivity index (χ4v) is 5.31. The number of anilines is 3. The number of amides is 1. The molecule has 42 heavy (non-hydrogen) atoms. The number of nitrogens with zero attached hydrogens (tertiary/aromatic N) is 4. The first-order valence-corrected chi connectivity index (χ1v) is 14.3. The van der Waals surface area contributed by atoms with Crippen LogP contribution in [0, 0.1) is 22.1 Å². The number of hydrogen-bond acceptors (Lipinski definition) is 6. The maximum atomic E-state index is 14.9. The minimum atomic E-state index is -0.714. The molecule has 0 atom stereocenters. The minimum Gasteiger partial charge on any atom is -0.338 e. The van der Waals surface area contributed by atoms with Gasteiger partial charge in [0.05, 0.1) is 22.6 Å². The second-order valence-corrected chi connectivity index (χ2v) is 11.8. The number of pyridine rings is 1. The molecule has 0 saturated heterocycles. The Morgan fingerprint density at radius 2 is 1.74 bits per heavy atom. The summed E-state index contributed by atoms with van der Waals surface area (Å²) in [6.45, 7) is 1.94. The van der Waals surface area contributed by atoms with E-state index in [1.807, 2.05) is 41.6 Å². The van der Waals surface area contributed by atoms with Gasteiger partial charge in [0.1, 0.15) is 22.8 Å². The van der Waals surface area contributed by atoms with E-state index in [1.165, 1.54) is 47.4 Å². The molecule has 10 nitrogen and oxygen atoms in total. The summed E-state index contributed by atoms with van der Waals surface area (Å²) < 4.78 is 33.9. The monoisotopic (exact) mass is 690 g/mol. The summed E-state index contributed by atoms with van der Waals surface area (Å²) in [6.07, 6.45) is 1.33. The van der Waals surface area contributed by atoms with E-state index in [1.54, 1.807) is 6.07 Å². The van der Waals surface area contributed by atoms with Gasteiger partial charge in [-0.3, -0.25) is 28.1 Å². The summed E-state index contributed by atoms with van der Waals surface area (Å²) in [4.78, 5) is 55.6. The van der Waals surface area contributed by atoms with Crippen molar-refractivity contribution in [3.8, 4) is 5.69 Å². The van der Waals surface area contributed by atoms with E-state index in [-0.39, 0.29) is 51.8 Å². The van der Waals surface area contributed by atoms with Crippen molar-refractivity contribution >= 4 is 56.6 Å². The molecule has 2 aromatic carbocycles. The van der Waals surface area contributed by atoms with Gasteiger partial charge in [0.2, 0.25) is 5.91 Å². The number of aromatic nitrogens is 3. The van der Waals surface area contributed by atoms with Crippen molar-refractivity contribution in [3.05, 3.63) is 88.4 Å². The number of rotatable bonds is 8. The van der Waals surface area contributed by atoms with Gasteiger partial charge >= 0.3 is 5.69 Å². The average molecular weight is 690 g/mol. The van der Waals surface area contributed by atoms with Crippen LogP contribution in [-0.2, 0) is 11.8 Å². The van der Waals surface area contributed by atoms with Gasteiger partial charge in [-0.15, -0.1) is 0 Å². The third-order valence-corrected chi connectivity index (χ3v) is 7.88. The Morgan fingerprint density at radius 1 is 1.02 bits per heavy atom. The number of aryl methyl sites for hydroxylation is 1. The van der Waals surface area contributed by atoms with Crippen molar-refractivity contribution in [1.29, 1.82) is 0 Å². The molecule has 1 aliphatic rings. The molecule has 1 aliphatic carbocycles. The van der Waals surface area contributed by atoms with Crippen LogP contribution in [0.4, 0.5) is 26.0 Å². The van der Waals surface area contributed by atoms with Gasteiger partial charge in [0, 0.05) is 35.2 Å². The number of halogens is 3. The zero-order valence-corrected chi connectivity index (χ0v) is 25.6. The Balaban J connectivity index is 1.79. The highest BCUT2D eigenvalue weighted by molar-refractivity contribution is 14.1. The Morgan fingerprint density at radius 3 is 2.38 bits per heavy atom. The largest absolute Gasteiger partial charge is 0.338 e. The molecular weight excluding hydrogens is 661 g/mol. The lowest BCUT2D eigenvalue weighted by Crippen LogP contribution is -2.41. The van der Waals surface area contributed by atoms with Gasteiger partial charge in [-0.05, 0) is 92.8 Å². The lowest BCUT2D eigenvalue weighted by molar-refractivity contribution is -0.116. The van der Waals surface area contributed by atoms with E-state index >= 15 is 0 Å². The SMILES string of the molecule is Cc1c(=O)n(C)c(Nc2ccc(I)cc2F)c2c(=O)n(C3CC3)c(=O)n(-c3ccc(F)c(NC(=O)CCN(C)C)c3)c12. The molecule has 1 amide bonds. The van der Waals surface area contributed by atoms with E-state index < -0.39 is 34.3 Å². The fraction of sp³-hybridized carbons (Fsp3) is 0.310. The Hall–Kier alpha value is -3.85. The van der Waals surface area contributed by atoms with Crippen LogP contribution in [0.25, 0.3) is 16.6 Å². The molecule has 13 heteroatoms. The topological polar surface area (TPSA) is 110 Å². The third-order valence-electron chi connectivity index (χ3n) is 7.21. The molecule has 0 aliphatic heterocycles. The highest BCUT2D eigenvalue weighted by Crippen LogP contribution is 2.34. The summed E-state index contributed by atoms with van der Waals surface area (Å²) in [5, 5.41) is 5.46. The molecule has 2 aromatic heterocycles. The number of carbonyl (C=O) groups is 1. The smallest absolute Gasteiger partial charge is 0.336 e. The molecule has 5 rings (SSSR count). The van der Waals surface area contributed by atoms with Gasteiger partial charge in [0.25, 0.3) is 11.1 Å². The van der Waals surface area contributed by atoms with Crippen LogP contribution < -0.4 is 27.4 Å². The van der Waals surface area contributed by atoms with Crippen LogP contribution in [0.2, 0.25) is 0 Å². The second kappa shape index (κ2) is 11.4.